The van der Waals surface area contributed by atoms with Crippen molar-refractivity contribution in [3.63, 3.8) is 0 Å². The maximum absolute atomic E-state index is 11.7. The Morgan fingerprint density at radius 1 is 0.750 bits per heavy atom. The van der Waals surface area contributed by atoms with Gasteiger partial charge in [-0.3, -0.25) is 16.4 Å². The fraction of sp³-hybridized carbons (Fsp3) is 1.00. The van der Waals surface area contributed by atoms with E-state index in [0.717, 1.165) is 0 Å². The van der Waals surface area contributed by atoms with Gasteiger partial charge < -0.3 is 0 Å². The maximum atomic E-state index is 11.7. The smallest absolute Gasteiger partial charge is 0.268 e. The minimum Gasteiger partial charge on any atom is -0.268 e. The largest absolute Gasteiger partial charge is 0.473 e. The first-order chi connectivity index (χ1) is 3.25. The Morgan fingerprint density at radius 2 is 0.875 bits per heavy atom. The van der Waals surface area contributed by atoms with Crippen LogP contribution in [0.1, 0.15) is 0 Å². The number of hydrogen-bond donors (Lipinski definition) is 0. The minimum atomic E-state index is -5.05. The lowest BCUT2D eigenvalue weighted by molar-refractivity contribution is 0.570. The van der Waals surface area contributed by atoms with Crippen molar-refractivity contribution in [3.8, 4) is 0 Å². The van der Waals surface area contributed by atoms with Gasteiger partial charge in [-0.15, -0.1) is 0 Å². The number of halogens is 4. The lowest BCUT2D eigenvalue weighted by Crippen LogP contribution is -2.45. The lowest BCUT2D eigenvalue weighted by atomic mass is 11.9. The van der Waals surface area contributed by atoms with Crippen LogP contribution in [0.2, 0.25) is 13.1 Å². The van der Waals surface area contributed by atoms with Crippen LogP contribution >= 0.6 is 0 Å². The SMILES string of the molecule is C[Si](F)(F)[Si](C)(F)F. The van der Waals surface area contributed by atoms with Crippen LogP contribution in [0.15, 0.2) is 0 Å². The molecule has 50 valence electrons. The summed E-state index contributed by atoms with van der Waals surface area (Å²) in [5.74, 6) is 0. The Labute approximate surface area is 47.0 Å². The molecule has 0 aromatic heterocycles. The van der Waals surface area contributed by atoms with E-state index >= 15 is 0 Å². The van der Waals surface area contributed by atoms with Crippen molar-refractivity contribution in [2.75, 3.05) is 0 Å². The first-order valence-corrected chi connectivity index (χ1v) is 7.52. The zero-order chi connectivity index (χ0) is 7.00. The molecule has 0 bridgehead atoms. The molecule has 0 amide bonds. The summed E-state index contributed by atoms with van der Waals surface area (Å²) in [7, 11) is -10.1. The second-order valence-electron chi connectivity index (χ2n) is 1.78. The maximum Gasteiger partial charge on any atom is 0.473 e. The van der Waals surface area contributed by atoms with Gasteiger partial charge in [-0.05, 0) is 13.1 Å². The lowest BCUT2D eigenvalue weighted by Gasteiger charge is -2.10. The van der Waals surface area contributed by atoms with Crippen LogP contribution in [0.5, 0.6) is 0 Å². The molecule has 0 aromatic rings. The summed E-state index contributed by atoms with van der Waals surface area (Å²) in [6, 6.07) is 0. The molecule has 0 fully saturated rings. The molecule has 0 aromatic carbocycles. The van der Waals surface area contributed by atoms with Gasteiger partial charge in [0.25, 0.3) is 0 Å². The molecule has 0 saturated carbocycles. The predicted octanol–water partition coefficient (Wildman–Crippen LogP) is 2.09. The molecule has 6 heteroatoms. The first-order valence-electron chi connectivity index (χ1n) is 2.01. The number of hydrogen-bond acceptors (Lipinski definition) is 0. The van der Waals surface area contributed by atoms with Crippen molar-refractivity contribution in [3.05, 3.63) is 0 Å². The van der Waals surface area contributed by atoms with Crippen LogP contribution < -0.4 is 0 Å². The van der Waals surface area contributed by atoms with Gasteiger partial charge in [-0.2, -0.15) is 0 Å². The standard InChI is InChI=1S/C2H6F4Si2/c1-7(3,4)8(2,5)6/h1-2H3. The highest BCUT2D eigenvalue weighted by atomic mass is 29.3. The monoisotopic (exact) mass is 162 g/mol. The van der Waals surface area contributed by atoms with Crippen molar-refractivity contribution in [1.82, 2.24) is 0 Å². The summed E-state index contributed by atoms with van der Waals surface area (Å²) in [5.41, 5.74) is 0. The Kier molecular flexibility index (Phi) is 1.87. The normalized spacial score (nSPS) is 14.2. The topological polar surface area (TPSA) is 0 Å². The van der Waals surface area contributed by atoms with Crippen LogP contribution in [0.3, 0.4) is 0 Å². The molecule has 0 nitrogen and oxygen atoms in total. The summed E-state index contributed by atoms with van der Waals surface area (Å²) < 4.78 is 46.7. The Morgan fingerprint density at radius 3 is 0.875 bits per heavy atom. The molecule has 0 aliphatic heterocycles. The molecule has 0 aliphatic carbocycles. The molecular weight excluding hydrogens is 156 g/mol. The highest BCUT2D eigenvalue weighted by Crippen LogP contribution is 2.23. The van der Waals surface area contributed by atoms with E-state index in [4.69, 9.17) is 0 Å². The highest BCUT2D eigenvalue weighted by molar-refractivity contribution is 7.30. The van der Waals surface area contributed by atoms with Crippen LogP contribution in [0, 0.1) is 0 Å². The average Bonchev–Trinajstić information content (AvgIpc) is 1.25. The first kappa shape index (κ1) is 8.15. The van der Waals surface area contributed by atoms with E-state index in [0.29, 0.717) is 13.1 Å². The van der Waals surface area contributed by atoms with Gasteiger partial charge in [-0.1, -0.05) is 0 Å². The molecule has 0 atom stereocenters. The fourth-order valence-corrected chi connectivity index (χ4v) is 0. The molecule has 8 heavy (non-hydrogen) atoms. The van der Waals surface area contributed by atoms with Crippen LogP contribution in [-0.4, -0.2) is 16.5 Å². The molecule has 0 aliphatic rings. The van der Waals surface area contributed by atoms with Gasteiger partial charge in [0, 0.05) is 0 Å². The summed E-state index contributed by atoms with van der Waals surface area (Å²) in [5, 5.41) is 0. The molecular formula is C2H6F4Si2. The van der Waals surface area contributed by atoms with Gasteiger partial charge >= 0.3 is 16.5 Å². The van der Waals surface area contributed by atoms with E-state index in [-0.39, 0.29) is 0 Å². The van der Waals surface area contributed by atoms with Crippen molar-refractivity contribution < 1.29 is 16.4 Å². The van der Waals surface area contributed by atoms with Gasteiger partial charge in [0.15, 0.2) is 0 Å². The molecule has 0 rings (SSSR count). The predicted molar refractivity (Wildman–Crippen MR) is 27.7 cm³/mol. The molecule has 0 radical (unpaired) electrons. The third-order valence-corrected chi connectivity index (χ3v) is 6.94. The molecule has 0 heterocycles. The van der Waals surface area contributed by atoms with Crippen molar-refractivity contribution in [2.45, 2.75) is 13.1 Å². The fourth-order valence-electron chi connectivity index (χ4n) is 0. The summed E-state index contributed by atoms with van der Waals surface area (Å²) in [4.78, 5) is 0. The zero-order valence-corrected chi connectivity index (χ0v) is 6.51. The molecule has 0 unspecified atom stereocenters. The Balaban J connectivity index is 4.02. The van der Waals surface area contributed by atoms with Gasteiger partial charge in [0.05, 0.1) is 0 Å². The third-order valence-electron chi connectivity index (χ3n) is 0.771. The summed E-state index contributed by atoms with van der Waals surface area (Å²) in [6.45, 7) is 0.776. The Hall–Kier alpha value is 0.154. The minimum absolute atomic E-state index is 0.388. The highest BCUT2D eigenvalue weighted by Gasteiger charge is 2.57. The summed E-state index contributed by atoms with van der Waals surface area (Å²) >= 11 is 0. The number of rotatable bonds is 1. The van der Waals surface area contributed by atoms with Gasteiger partial charge in [0.2, 0.25) is 0 Å². The van der Waals surface area contributed by atoms with Gasteiger partial charge in [-0.25, -0.2) is 0 Å². The van der Waals surface area contributed by atoms with E-state index in [1.165, 1.54) is 0 Å². The van der Waals surface area contributed by atoms with Gasteiger partial charge in [0.1, 0.15) is 0 Å². The summed E-state index contributed by atoms with van der Waals surface area (Å²) in [6.07, 6.45) is 0. The second kappa shape index (κ2) is 1.83. The van der Waals surface area contributed by atoms with Crippen molar-refractivity contribution in [2.24, 2.45) is 0 Å². The zero-order valence-electron chi connectivity index (χ0n) is 4.51. The van der Waals surface area contributed by atoms with Crippen molar-refractivity contribution >= 4 is 16.5 Å². The van der Waals surface area contributed by atoms with E-state index in [2.05, 4.69) is 0 Å². The average molecular weight is 162 g/mol. The third kappa shape index (κ3) is 1.95. The van der Waals surface area contributed by atoms with Crippen LogP contribution in [-0.2, 0) is 0 Å². The molecule has 0 saturated heterocycles. The van der Waals surface area contributed by atoms with E-state index in [1.807, 2.05) is 0 Å². The molecule has 0 spiro atoms. The quantitative estimate of drug-likeness (QED) is 0.314. The van der Waals surface area contributed by atoms with Crippen LogP contribution in [0.25, 0.3) is 0 Å². The Bertz CT molecular complexity index is 67.0. The van der Waals surface area contributed by atoms with Crippen molar-refractivity contribution in [1.29, 1.82) is 0 Å². The molecule has 0 N–H and O–H groups in total. The second-order valence-corrected chi connectivity index (χ2v) is 10.6. The van der Waals surface area contributed by atoms with E-state index in [9.17, 15) is 16.4 Å². The van der Waals surface area contributed by atoms with E-state index in [1.54, 1.807) is 0 Å². The van der Waals surface area contributed by atoms with E-state index < -0.39 is 16.5 Å². The van der Waals surface area contributed by atoms with Crippen LogP contribution in [0.4, 0.5) is 16.4 Å².